The topological polar surface area (TPSA) is 49.6 Å². The first-order valence-electron chi connectivity index (χ1n) is 4.74. The van der Waals surface area contributed by atoms with Crippen molar-refractivity contribution in [1.82, 2.24) is 9.97 Å². The lowest BCUT2D eigenvalue weighted by molar-refractivity contribution is 0.888. The Bertz CT molecular complexity index is 530. The van der Waals surface area contributed by atoms with Gasteiger partial charge in [-0.15, -0.1) is 11.3 Å². The van der Waals surface area contributed by atoms with Gasteiger partial charge in [-0.1, -0.05) is 11.6 Å². The summed E-state index contributed by atoms with van der Waals surface area (Å²) in [6, 6.07) is 7.71. The third kappa shape index (κ3) is 2.57. The highest BCUT2D eigenvalue weighted by atomic mass is 35.5. The molecule has 0 saturated heterocycles. The number of aryl methyl sites for hydroxylation is 1. The van der Waals surface area contributed by atoms with Crippen molar-refractivity contribution in [1.29, 1.82) is 5.26 Å². The van der Waals surface area contributed by atoms with E-state index in [2.05, 4.69) is 16.0 Å². The van der Waals surface area contributed by atoms with Crippen LogP contribution in [0.2, 0.25) is 4.34 Å². The molecule has 5 heteroatoms. The Morgan fingerprint density at radius 3 is 2.94 bits per heavy atom. The van der Waals surface area contributed by atoms with Crippen molar-refractivity contribution in [3.63, 3.8) is 0 Å². The molecule has 3 nitrogen and oxygen atoms in total. The van der Waals surface area contributed by atoms with Gasteiger partial charge in [0.2, 0.25) is 0 Å². The molecular formula is C11H8ClN3S. The van der Waals surface area contributed by atoms with Gasteiger partial charge in [0.15, 0.2) is 0 Å². The molecule has 2 rings (SSSR count). The summed E-state index contributed by atoms with van der Waals surface area (Å²) < 4.78 is 0.743. The predicted octanol–water partition coefficient (Wildman–Crippen LogP) is 3.31. The summed E-state index contributed by atoms with van der Waals surface area (Å²) in [5.41, 5.74) is 0.861. The van der Waals surface area contributed by atoms with Crippen LogP contribution in [0.1, 0.15) is 12.2 Å². The molecule has 2 aromatic rings. The Balaban J connectivity index is 2.26. The van der Waals surface area contributed by atoms with Crippen molar-refractivity contribution in [3.8, 4) is 16.6 Å². The highest BCUT2D eigenvalue weighted by molar-refractivity contribution is 7.19. The average molecular weight is 250 g/mol. The van der Waals surface area contributed by atoms with Crippen LogP contribution >= 0.6 is 22.9 Å². The fourth-order valence-corrected chi connectivity index (χ4v) is 2.29. The van der Waals surface area contributed by atoms with Crippen LogP contribution in [0.5, 0.6) is 0 Å². The summed E-state index contributed by atoms with van der Waals surface area (Å²) >= 11 is 7.35. The Kier molecular flexibility index (Phi) is 3.50. The number of halogens is 1. The second-order valence-electron chi connectivity index (χ2n) is 3.12. The Morgan fingerprint density at radius 1 is 1.38 bits per heavy atom. The normalized spacial score (nSPS) is 10.0. The smallest absolute Gasteiger partial charge is 0.130 e. The van der Waals surface area contributed by atoms with E-state index in [0.29, 0.717) is 18.7 Å². The molecule has 0 radical (unpaired) electrons. The van der Waals surface area contributed by atoms with Crippen LogP contribution in [0.3, 0.4) is 0 Å². The number of hydrogen-bond acceptors (Lipinski definition) is 4. The second kappa shape index (κ2) is 5.06. The standard InChI is InChI=1S/C11H8ClN3S/c12-10-4-3-9(16-10)8-5-7-14-11(15-8)2-1-6-13/h3-5,7H,1-2H2. The molecule has 80 valence electrons. The fraction of sp³-hybridized carbons (Fsp3) is 0.182. The average Bonchev–Trinajstić information content (AvgIpc) is 2.74. The first-order chi connectivity index (χ1) is 7.79. The van der Waals surface area contributed by atoms with Crippen LogP contribution in [0.15, 0.2) is 24.4 Å². The number of hydrogen-bond donors (Lipinski definition) is 0. The van der Waals surface area contributed by atoms with Crippen molar-refractivity contribution in [2.24, 2.45) is 0 Å². The Morgan fingerprint density at radius 2 is 2.25 bits per heavy atom. The van der Waals surface area contributed by atoms with Crippen molar-refractivity contribution in [2.75, 3.05) is 0 Å². The largest absolute Gasteiger partial charge is 0.241 e. The zero-order valence-electron chi connectivity index (χ0n) is 8.35. The van der Waals surface area contributed by atoms with Gasteiger partial charge in [0.05, 0.1) is 21.0 Å². The molecule has 0 saturated carbocycles. The quantitative estimate of drug-likeness (QED) is 0.839. The maximum absolute atomic E-state index is 8.50. The second-order valence-corrected chi connectivity index (χ2v) is 4.84. The lowest BCUT2D eigenvalue weighted by atomic mass is 10.3. The monoisotopic (exact) mass is 249 g/mol. The molecule has 0 bridgehead atoms. The number of thiophene rings is 1. The molecule has 0 fully saturated rings. The molecule has 0 atom stereocenters. The zero-order chi connectivity index (χ0) is 11.4. The molecule has 0 amide bonds. The van der Waals surface area contributed by atoms with Gasteiger partial charge in [0.25, 0.3) is 0 Å². The van der Waals surface area contributed by atoms with E-state index >= 15 is 0 Å². The fourth-order valence-electron chi connectivity index (χ4n) is 1.28. The molecule has 0 N–H and O–H groups in total. The molecule has 16 heavy (non-hydrogen) atoms. The van der Waals surface area contributed by atoms with E-state index in [1.54, 1.807) is 6.20 Å². The molecule has 2 heterocycles. The molecule has 0 aromatic carbocycles. The highest BCUT2D eigenvalue weighted by Gasteiger charge is 2.04. The first kappa shape index (κ1) is 11.1. The van der Waals surface area contributed by atoms with Crippen LogP contribution in [0.4, 0.5) is 0 Å². The maximum atomic E-state index is 8.50. The number of aromatic nitrogens is 2. The number of rotatable bonds is 3. The molecule has 0 aliphatic rings. The lowest BCUT2D eigenvalue weighted by Gasteiger charge is -1.99. The molecular weight excluding hydrogens is 242 g/mol. The van der Waals surface area contributed by atoms with E-state index in [9.17, 15) is 0 Å². The van der Waals surface area contributed by atoms with E-state index in [0.717, 1.165) is 14.9 Å². The van der Waals surface area contributed by atoms with Gasteiger partial charge in [-0.05, 0) is 18.2 Å². The Labute approximate surface area is 102 Å². The van der Waals surface area contributed by atoms with Crippen molar-refractivity contribution >= 4 is 22.9 Å². The summed E-state index contributed by atoms with van der Waals surface area (Å²) in [5.74, 6) is 0.698. The predicted molar refractivity (Wildman–Crippen MR) is 64.3 cm³/mol. The summed E-state index contributed by atoms with van der Waals surface area (Å²) in [7, 11) is 0. The van der Waals surface area contributed by atoms with Crippen LogP contribution in [0.25, 0.3) is 10.6 Å². The van der Waals surface area contributed by atoms with Crippen LogP contribution < -0.4 is 0 Å². The van der Waals surface area contributed by atoms with Gasteiger partial charge in [0, 0.05) is 19.0 Å². The van der Waals surface area contributed by atoms with Crippen molar-refractivity contribution in [2.45, 2.75) is 12.8 Å². The molecule has 0 aliphatic heterocycles. The summed E-state index contributed by atoms with van der Waals surface area (Å²) in [5, 5.41) is 8.50. The van der Waals surface area contributed by atoms with Gasteiger partial charge < -0.3 is 0 Å². The summed E-state index contributed by atoms with van der Waals surface area (Å²) in [6.45, 7) is 0. The SMILES string of the molecule is N#CCCc1nccc(-c2ccc(Cl)s2)n1. The van der Waals surface area contributed by atoms with E-state index in [1.165, 1.54) is 11.3 Å². The van der Waals surface area contributed by atoms with Crippen molar-refractivity contribution < 1.29 is 0 Å². The van der Waals surface area contributed by atoms with E-state index in [1.807, 2.05) is 18.2 Å². The molecule has 0 spiro atoms. The third-order valence-electron chi connectivity index (χ3n) is 1.99. The van der Waals surface area contributed by atoms with E-state index < -0.39 is 0 Å². The van der Waals surface area contributed by atoms with E-state index in [4.69, 9.17) is 16.9 Å². The zero-order valence-corrected chi connectivity index (χ0v) is 9.92. The summed E-state index contributed by atoms with van der Waals surface area (Å²) in [4.78, 5) is 9.52. The lowest BCUT2D eigenvalue weighted by Crippen LogP contribution is -1.94. The van der Waals surface area contributed by atoms with Gasteiger partial charge in [-0.25, -0.2) is 9.97 Å². The maximum Gasteiger partial charge on any atom is 0.130 e. The van der Waals surface area contributed by atoms with Crippen molar-refractivity contribution in [3.05, 3.63) is 34.6 Å². The number of nitrogens with zero attached hydrogens (tertiary/aromatic N) is 3. The molecule has 0 aliphatic carbocycles. The minimum atomic E-state index is 0.439. The van der Waals surface area contributed by atoms with Crippen LogP contribution in [-0.2, 0) is 6.42 Å². The molecule has 2 aromatic heterocycles. The minimum Gasteiger partial charge on any atom is -0.241 e. The van der Waals surface area contributed by atoms with Gasteiger partial charge in [-0.3, -0.25) is 0 Å². The number of nitriles is 1. The third-order valence-corrected chi connectivity index (χ3v) is 3.25. The van der Waals surface area contributed by atoms with Gasteiger partial charge in [-0.2, -0.15) is 5.26 Å². The minimum absolute atomic E-state index is 0.439. The Hall–Kier alpha value is -1.44. The van der Waals surface area contributed by atoms with Gasteiger partial charge in [0.1, 0.15) is 5.82 Å². The van der Waals surface area contributed by atoms with E-state index in [-0.39, 0.29) is 0 Å². The van der Waals surface area contributed by atoms with Gasteiger partial charge >= 0.3 is 0 Å². The van der Waals surface area contributed by atoms with Crippen LogP contribution in [0, 0.1) is 11.3 Å². The first-order valence-corrected chi connectivity index (χ1v) is 5.93. The summed E-state index contributed by atoms with van der Waals surface area (Å²) in [6.07, 6.45) is 2.74. The highest BCUT2D eigenvalue weighted by Crippen LogP contribution is 2.29. The van der Waals surface area contributed by atoms with Crippen LogP contribution in [-0.4, -0.2) is 9.97 Å². The molecule has 0 unspecified atom stereocenters.